The van der Waals surface area contributed by atoms with Crippen molar-refractivity contribution in [1.82, 2.24) is 20.0 Å². The van der Waals surface area contributed by atoms with Crippen LogP contribution in [0.25, 0.3) is 11.4 Å². The number of aryl methyl sites for hydroxylation is 1. The summed E-state index contributed by atoms with van der Waals surface area (Å²) in [6.45, 7) is 2.04. The van der Waals surface area contributed by atoms with Crippen LogP contribution in [0.1, 0.15) is 12.5 Å². The zero-order chi connectivity index (χ0) is 11.0. The highest BCUT2D eigenvalue weighted by molar-refractivity contribution is 9.10. The molecule has 0 spiro atoms. The number of H-pyrrole nitrogens is 1. The van der Waals surface area contributed by atoms with Crippen LogP contribution in [0.15, 0.2) is 10.7 Å². The molecule has 0 fully saturated rings. The molecule has 0 aliphatic rings. The molecule has 0 aromatic carbocycles. The van der Waals surface area contributed by atoms with Crippen molar-refractivity contribution >= 4 is 21.7 Å². The number of nitrogens with zero attached hydrogens (tertiary/aromatic N) is 3. The Morgan fingerprint density at radius 3 is 2.87 bits per heavy atom. The van der Waals surface area contributed by atoms with Crippen molar-refractivity contribution in [3.05, 3.63) is 16.2 Å². The van der Waals surface area contributed by atoms with Crippen molar-refractivity contribution in [2.45, 2.75) is 13.3 Å². The molecule has 0 aliphatic carbocycles. The summed E-state index contributed by atoms with van der Waals surface area (Å²) in [4.78, 5) is 0. The van der Waals surface area contributed by atoms with Crippen molar-refractivity contribution < 1.29 is 0 Å². The van der Waals surface area contributed by atoms with E-state index in [1.54, 1.807) is 4.68 Å². The molecule has 2 aromatic heterocycles. The summed E-state index contributed by atoms with van der Waals surface area (Å²) < 4.78 is 2.68. The van der Waals surface area contributed by atoms with Gasteiger partial charge in [0.25, 0.3) is 0 Å². The summed E-state index contributed by atoms with van der Waals surface area (Å²) in [5.41, 5.74) is 8.50. The quantitative estimate of drug-likeness (QED) is 0.872. The first-order valence-corrected chi connectivity index (χ1v) is 5.45. The van der Waals surface area contributed by atoms with Crippen LogP contribution in [0.5, 0.6) is 0 Å². The highest BCUT2D eigenvalue weighted by Gasteiger charge is 2.16. The fraction of sp³-hybridized carbons (Fsp3) is 0.333. The zero-order valence-electron chi connectivity index (χ0n) is 8.58. The molecule has 0 saturated heterocycles. The molecule has 0 unspecified atom stereocenters. The van der Waals surface area contributed by atoms with Crippen LogP contribution in [0.3, 0.4) is 0 Å². The van der Waals surface area contributed by atoms with Gasteiger partial charge in [-0.1, -0.05) is 6.92 Å². The van der Waals surface area contributed by atoms with Crippen molar-refractivity contribution in [3.8, 4) is 11.4 Å². The molecule has 3 N–H and O–H groups in total. The molecule has 5 nitrogen and oxygen atoms in total. The predicted octanol–water partition coefficient (Wildman–Crippen LogP) is 1.72. The molecule has 0 aliphatic heterocycles. The number of nitrogens with two attached hydrogens (primary N) is 1. The molecular formula is C9H12BrN5. The van der Waals surface area contributed by atoms with Gasteiger partial charge in [0.1, 0.15) is 11.5 Å². The summed E-state index contributed by atoms with van der Waals surface area (Å²) in [7, 11) is 1.87. The second-order valence-corrected chi connectivity index (χ2v) is 4.17. The van der Waals surface area contributed by atoms with E-state index in [1.807, 2.05) is 20.2 Å². The third kappa shape index (κ3) is 1.65. The molecule has 80 valence electrons. The van der Waals surface area contributed by atoms with Gasteiger partial charge in [0.2, 0.25) is 0 Å². The van der Waals surface area contributed by atoms with E-state index in [2.05, 4.69) is 31.2 Å². The molecule has 6 heteroatoms. The van der Waals surface area contributed by atoms with Gasteiger partial charge in [0.05, 0.1) is 10.2 Å². The van der Waals surface area contributed by atoms with Gasteiger partial charge in [-0.15, -0.1) is 0 Å². The third-order valence-corrected chi connectivity index (χ3v) is 2.85. The van der Waals surface area contributed by atoms with Crippen LogP contribution < -0.4 is 5.73 Å². The van der Waals surface area contributed by atoms with Gasteiger partial charge in [-0.25, -0.2) is 0 Å². The maximum absolute atomic E-state index is 5.75. The lowest BCUT2D eigenvalue weighted by Crippen LogP contribution is -1.92. The summed E-state index contributed by atoms with van der Waals surface area (Å²) >= 11 is 3.45. The monoisotopic (exact) mass is 269 g/mol. The lowest BCUT2D eigenvalue weighted by Gasteiger charge is -1.97. The smallest absolute Gasteiger partial charge is 0.149 e. The SMILES string of the molecule is CCc1c(N)n[nH]c1-c1nn(C)cc1Br. The number of halogens is 1. The van der Waals surface area contributed by atoms with Crippen LogP contribution in [0.2, 0.25) is 0 Å². The van der Waals surface area contributed by atoms with E-state index in [4.69, 9.17) is 5.73 Å². The Bertz CT molecular complexity index is 485. The van der Waals surface area contributed by atoms with Gasteiger partial charge in [-0.3, -0.25) is 9.78 Å². The maximum Gasteiger partial charge on any atom is 0.149 e. The first-order valence-electron chi connectivity index (χ1n) is 4.65. The van der Waals surface area contributed by atoms with Crippen LogP contribution in [-0.4, -0.2) is 20.0 Å². The van der Waals surface area contributed by atoms with E-state index in [0.717, 1.165) is 27.8 Å². The van der Waals surface area contributed by atoms with Crippen LogP contribution >= 0.6 is 15.9 Å². The highest BCUT2D eigenvalue weighted by Crippen LogP contribution is 2.29. The molecule has 2 heterocycles. The predicted molar refractivity (Wildman–Crippen MR) is 62.3 cm³/mol. The van der Waals surface area contributed by atoms with Crippen molar-refractivity contribution in [3.63, 3.8) is 0 Å². The first kappa shape index (κ1) is 10.2. The highest BCUT2D eigenvalue weighted by atomic mass is 79.9. The molecule has 0 radical (unpaired) electrons. The van der Waals surface area contributed by atoms with Crippen molar-refractivity contribution in [2.75, 3.05) is 5.73 Å². The standard InChI is InChI=1S/C9H12BrN5/c1-3-5-7(12-13-9(5)11)8-6(10)4-15(2)14-8/h4H,3H2,1-2H3,(H3,11,12,13). The first-order chi connectivity index (χ1) is 7.13. The fourth-order valence-electron chi connectivity index (χ4n) is 1.56. The van der Waals surface area contributed by atoms with Crippen molar-refractivity contribution in [1.29, 1.82) is 0 Å². The fourth-order valence-corrected chi connectivity index (χ4v) is 2.14. The van der Waals surface area contributed by atoms with E-state index < -0.39 is 0 Å². The minimum Gasteiger partial charge on any atom is -0.382 e. The summed E-state index contributed by atoms with van der Waals surface area (Å²) in [6, 6.07) is 0. The zero-order valence-corrected chi connectivity index (χ0v) is 10.2. The van der Waals surface area contributed by atoms with Crippen LogP contribution in [-0.2, 0) is 13.5 Å². The molecule has 2 aromatic rings. The molecule has 0 saturated carbocycles. The Balaban J connectivity index is 2.58. The Morgan fingerprint density at radius 2 is 2.33 bits per heavy atom. The molecule has 15 heavy (non-hydrogen) atoms. The molecular weight excluding hydrogens is 258 g/mol. The molecule has 0 atom stereocenters. The molecule has 2 rings (SSSR count). The number of aromatic amines is 1. The maximum atomic E-state index is 5.75. The van der Waals surface area contributed by atoms with Gasteiger partial charge in [-0.2, -0.15) is 10.2 Å². The van der Waals surface area contributed by atoms with Crippen LogP contribution in [0.4, 0.5) is 5.82 Å². The second kappa shape index (κ2) is 3.69. The van der Waals surface area contributed by atoms with Gasteiger partial charge in [-0.05, 0) is 22.4 Å². The summed E-state index contributed by atoms with van der Waals surface area (Å²) in [5.74, 6) is 0.546. The Morgan fingerprint density at radius 1 is 1.60 bits per heavy atom. The lowest BCUT2D eigenvalue weighted by atomic mass is 10.1. The molecule has 0 bridgehead atoms. The topological polar surface area (TPSA) is 72.5 Å². The van der Waals surface area contributed by atoms with Crippen molar-refractivity contribution in [2.24, 2.45) is 7.05 Å². The number of hydrogen-bond acceptors (Lipinski definition) is 3. The summed E-state index contributed by atoms with van der Waals surface area (Å²) in [6.07, 6.45) is 2.73. The normalized spacial score (nSPS) is 10.9. The van der Waals surface area contributed by atoms with Gasteiger partial charge in [0, 0.05) is 18.8 Å². The minimum atomic E-state index is 0.546. The number of aromatic nitrogens is 4. The third-order valence-electron chi connectivity index (χ3n) is 2.27. The molecule has 0 amide bonds. The minimum absolute atomic E-state index is 0.546. The average Bonchev–Trinajstić information content (AvgIpc) is 2.69. The summed E-state index contributed by atoms with van der Waals surface area (Å²) in [5, 5.41) is 11.3. The van der Waals surface area contributed by atoms with Gasteiger partial charge < -0.3 is 5.73 Å². The van der Waals surface area contributed by atoms with E-state index in [9.17, 15) is 0 Å². The van der Waals surface area contributed by atoms with Crippen LogP contribution in [0, 0.1) is 0 Å². The number of nitrogen functional groups attached to an aromatic ring is 1. The number of nitrogens with one attached hydrogen (secondary N) is 1. The number of hydrogen-bond donors (Lipinski definition) is 2. The largest absolute Gasteiger partial charge is 0.382 e. The Labute approximate surface area is 95.8 Å². The lowest BCUT2D eigenvalue weighted by molar-refractivity contribution is 0.769. The van der Waals surface area contributed by atoms with Gasteiger partial charge in [0.15, 0.2) is 0 Å². The van der Waals surface area contributed by atoms with E-state index in [0.29, 0.717) is 5.82 Å². The average molecular weight is 270 g/mol. The van der Waals surface area contributed by atoms with E-state index in [-0.39, 0.29) is 0 Å². The second-order valence-electron chi connectivity index (χ2n) is 3.32. The van der Waals surface area contributed by atoms with E-state index >= 15 is 0 Å². The number of anilines is 1. The number of rotatable bonds is 2. The van der Waals surface area contributed by atoms with E-state index in [1.165, 1.54) is 0 Å². The van der Waals surface area contributed by atoms with Gasteiger partial charge >= 0.3 is 0 Å². The Kier molecular flexibility index (Phi) is 2.52. The Hall–Kier alpha value is -1.30.